The zero-order chi connectivity index (χ0) is 17.9. The number of carbonyl (C=O) groups is 1. The van der Waals surface area contributed by atoms with Gasteiger partial charge in [0, 0.05) is 11.1 Å². The molecule has 0 unspecified atom stereocenters. The van der Waals surface area contributed by atoms with Gasteiger partial charge < -0.3 is 5.73 Å². The van der Waals surface area contributed by atoms with E-state index in [2.05, 4.69) is 4.72 Å². The van der Waals surface area contributed by atoms with E-state index in [-0.39, 0.29) is 10.5 Å². The van der Waals surface area contributed by atoms with E-state index in [1.807, 2.05) is 42.5 Å². The summed E-state index contributed by atoms with van der Waals surface area (Å²) in [7, 11) is -3.86. The third kappa shape index (κ3) is 3.70. The quantitative estimate of drug-likeness (QED) is 0.738. The lowest BCUT2D eigenvalue weighted by molar-refractivity contribution is 0.1000. The van der Waals surface area contributed by atoms with Crippen molar-refractivity contribution in [2.24, 2.45) is 5.73 Å². The number of sulfonamides is 1. The summed E-state index contributed by atoms with van der Waals surface area (Å²) in [6, 6.07) is 22.2. The van der Waals surface area contributed by atoms with E-state index in [0.29, 0.717) is 5.69 Å². The number of primary amides is 1. The summed E-state index contributed by atoms with van der Waals surface area (Å²) in [5.74, 6) is -0.679. The van der Waals surface area contributed by atoms with Crippen molar-refractivity contribution >= 4 is 21.6 Å². The van der Waals surface area contributed by atoms with Crippen molar-refractivity contribution < 1.29 is 13.2 Å². The molecule has 0 saturated heterocycles. The molecule has 3 rings (SSSR count). The average molecular weight is 352 g/mol. The molecule has 0 saturated carbocycles. The molecule has 1 amide bonds. The predicted molar refractivity (Wildman–Crippen MR) is 97.6 cm³/mol. The Hall–Kier alpha value is -3.12. The predicted octanol–water partition coefficient (Wildman–Crippen LogP) is 3.25. The van der Waals surface area contributed by atoms with Gasteiger partial charge in [-0.15, -0.1) is 0 Å². The SMILES string of the molecule is NC(=O)c1cccc(S(=O)(=O)Nc2ccccc2-c2ccccc2)c1. The molecule has 0 atom stereocenters. The summed E-state index contributed by atoms with van der Waals surface area (Å²) < 4.78 is 28.0. The van der Waals surface area contributed by atoms with Gasteiger partial charge in [0.15, 0.2) is 0 Å². The van der Waals surface area contributed by atoms with Crippen molar-refractivity contribution in [1.82, 2.24) is 0 Å². The monoisotopic (exact) mass is 352 g/mol. The number of carbonyl (C=O) groups excluding carboxylic acids is 1. The van der Waals surface area contributed by atoms with E-state index in [4.69, 9.17) is 5.73 Å². The molecule has 0 aliphatic rings. The molecule has 0 heterocycles. The van der Waals surface area contributed by atoms with Crippen molar-refractivity contribution in [3.8, 4) is 11.1 Å². The van der Waals surface area contributed by atoms with E-state index < -0.39 is 15.9 Å². The molecule has 0 bridgehead atoms. The lowest BCUT2D eigenvalue weighted by atomic mass is 10.0. The molecule has 126 valence electrons. The molecule has 3 aromatic rings. The maximum absolute atomic E-state index is 12.7. The Morgan fingerprint density at radius 3 is 2.24 bits per heavy atom. The van der Waals surface area contributed by atoms with Gasteiger partial charge in [-0.3, -0.25) is 9.52 Å². The number of hydrogen-bond acceptors (Lipinski definition) is 3. The molecule has 0 fully saturated rings. The number of nitrogens with two attached hydrogens (primary N) is 1. The second-order valence-electron chi connectivity index (χ2n) is 5.41. The van der Waals surface area contributed by atoms with Crippen LogP contribution in [0.15, 0.2) is 83.8 Å². The average Bonchev–Trinajstić information content (AvgIpc) is 2.63. The molecule has 6 heteroatoms. The molecular formula is C19H16N2O3S. The van der Waals surface area contributed by atoms with Gasteiger partial charge in [-0.2, -0.15) is 0 Å². The van der Waals surface area contributed by atoms with E-state index in [1.54, 1.807) is 12.1 Å². The number of rotatable bonds is 5. The Labute approximate surface area is 146 Å². The van der Waals surface area contributed by atoms with Gasteiger partial charge in [0.2, 0.25) is 5.91 Å². The van der Waals surface area contributed by atoms with Crippen LogP contribution in [0.1, 0.15) is 10.4 Å². The van der Waals surface area contributed by atoms with Crippen molar-refractivity contribution in [3.05, 3.63) is 84.4 Å². The summed E-state index contributed by atoms with van der Waals surface area (Å²) in [6.45, 7) is 0. The third-order valence-electron chi connectivity index (χ3n) is 3.69. The maximum atomic E-state index is 12.7. The minimum atomic E-state index is -3.86. The molecular weight excluding hydrogens is 336 g/mol. The van der Waals surface area contributed by atoms with Crippen LogP contribution in [0.4, 0.5) is 5.69 Å². The summed E-state index contributed by atoms with van der Waals surface area (Å²) in [5, 5.41) is 0. The van der Waals surface area contributed by atoms with Crippen LogP contribution in [-0.2, 0) is 10.0 Å². The Kier molecular flexibility index (Phi) is 4.54. The highest BCUT2D eigenvalue weighted by molar-refractivity contribution is 7.92. The molecule has 0 aromatic heterocycles. The molecule has 0 radical (unpaired) electrons. The molecule has 3 N–H and O–H groups in total. The van der Waals surface area contributed by atoms with Crippen molar-refractivity contribution in [2.45, 2.75) is 4.90 Å². The fourth-order valence-electron chi connectivity index (χ4n) is 2.46. The lowest BCUT2D eigenvalue weighted by Gasteiger charge is -2.13. The first kappa shape index (κ1) is 16.7. The molecule has 0 aliphatic carbocycles. The highest BCUT2D eigenvalue weighted by atomic mass is 32.2. The second kappa shape index (κ2) is 6.78. The molecule has 0 aliphatic heterocycles. The van der Waals surface area contributed by atoms with Crippen LogP contribution >= 0.6 is 0 Å². The van der Waals surface area contributed by atoms with Gasteiger partial charge in [0.05, 0.1) is 10.6 Å². The van der Waals surface area contributed by atoms with Gasteiger partial charge >= 0.3 is 0 Å². The highest BCUT2D eigenvalue weighted by Gasteiger charge is 2.17. The highest BCUT2D eigenvalue weighted by Crippen LogP contribution is 2.29. The van der Waals surface area contributed by atoms with Gasteiger partial charge in [0.25, 0.3) is 10.0 Å². The largest absolute Gasteiger partial charge is 0.366 e. The minimum Gasteiger partial charge on any atom is -0.366 e. The van der Waals surface area contributed by atoms with Crippen LogP contribution in [0.25, 0.3) is 11.1 Å². The number of benzene rings is 3. The van der Waals surface area contributed by atoms with E-state index in [1.165, 1.54) is 24.3 Å². The van der Waals surface area contributed by atoms with Crippen LogP contribution in [-0.4, -0.2) is 14.3 Å². The summed E-state index contributed by atoms with van der Waals surface area (Å²) in [6.07, 6.45) is 0. The topological polar surface area (TPSA) is 89.3 Å². The van der Waals surface area contributed by atoms with E-state index in [9.17, 15) is 13.2 Å². The fourth-order valence-corrected chi connectivity index (χ4v) is 3.59. The van der Waals surface area contributed by atoms with Crippen LogP contribution < -0.4 is 10.5 Å². The van der Waals surface area contributed by atoms with Crippen molar-refractivity contribution in [2.75, 3.05) is 4.72 Å². The van der Waals surface area contributed by atoms with Gasteiger partial charge in [0.1, 0.15) is 0 Å². The van der Waals surface area contributed by atoms with Crippen LogP contribution in [0.2, 0.25) is 0 Å². The Balaban J connectivity index is 2.00. The standard InChI is InChI=1S/C19H16N2O3S/c20-19(22)15-9-6-10-16(13-15)25(23,24)21-18-12-5-4-11-17(18)14-7-2-1-3-8-14/h1-13,21H,(H2,20,22). The zero-order valence-corrected chi connectivity index (χ0v) is 14.0. The number of para-hydroxylation sites is 1. The van der Waals surface area contributed by atoms with E-state index >= 15 is 0 Å². The first-order valence-corrected chi connectivity index (χ1v) is 9.03. The first-order valence-electron chi connectivity index (χ1n) is 7.54. The summed E-state index contributed by atoms with van der Waals surface area (Å²) in [4.78, 5) is 11.3. The lowest BCUT2D eigenvalue weighted by Crippen LogP contribution is -2.16. The Morgan fingerprint density at radius 1 is 0.840 bits per heavy atom. The number of anilines is 1. The second-order valence-corrected chi connectivity index (χ2v) is 7.09. The molecule has 5 nitrogen and oxygen atoms in total. The molecule has 0 spiro atoms. The van der Waals surface area contributed by atoms with Crippen molar-refractivity contribution in [1.29, 1.82) is 0 Å². The van der Waals surface area contributed by atoms with Gasteiger partial charge in [-0.1, -0.05) is 54.6 Å². The zero-order valence-electron chi connectivity index (χ0n) is 13.2. The third-order valence-corrected chi connectivity index (χ3v) is 5.05. The smallest absolute Gasteiger partial charge is 0.261 e. The Morgan fingerprint density at radius 2 is 1.52 bits per heavy atom. The summed E-state index contributed by atoms with van der Waals surface area (Å²) in [5.41, 5.74) is 7.48. The van der Waals surface area contributed by atoms with Crippen LogP contribution in [0.5, 0.6) is 0 Å². The fraction of sp³-hybridized carbons (Fsp3) is 0. The molecule has 25 heavy (non-hydrogen) atoms. The van der Waals surface area contributed by atoms with Crippen LogP contribution in [0.3, 0.4) is 0 Å². The van der Waals surface area contributed by atoms with Crippen LogP contribution in [0, 0.1) is 0 Å². The maximum Gasteiger partial charge on any atom is 0.261 e. The number of amides is 1. The normalized spacial score (nSPS) is 11.0. The summed E-state index contributed by atoms with van der Waals surface area (Å²) >= 11 is 0. The van der Waals surface area contributed by atoms with Gasteiger partial charge in [-0.05, 0) is 29.8 Å². The minimum absolute atomic E-state index is 0.0216. The van der Waals surface area contributed by atoms with Gasteiger partial charge in [-0.25, -0.2) is 8.42 Å². The first-order chi connectivity index (χ1) is 12.0. The molecule has 3 aromatic carbocycles. The Bertz CT molecular complexity index is 1020. The number of nitrogens with one attached hydrogen (secondary N) is 1. The number of hydrogen-bond donors (Lipinski definition) is 2. The van der Waals surface area contributed by atoms with Crippen molar-refractivity contribution in [3.63, 3.8) is 0 Å². The van der Waals surface area contributed by atoms with E-state index in [0.717, 1.165) is 11.1 Å².